The third kappa shape index (κ3) is 6.08. The highest BCUT2D eigenvalue weighted by atomic mass is 16.6. The lowest BCUT2D eigenvalue weighted by atomic mass is 10.1. The molecule has 0 saturated carbocycles. The van der Waals surface area contributed by atoms with Gasteiger partial charge in [0.05, 0.1) is 14.2 Å². The molecule has 1 aromatic rings. The molecule has 140 valence electrons. The van der Waals surface area contributed by atoms with Gasteiger partial charge in [-0.15, -0.1) is 0 Å². The summed E-state index contributed by atoms with van der Waals surface area (Å²) >= 11 is 0. The van der Waals surface area contributed by atoms with E-state index in [9.17, 15) is 14.4 Å². The van der Waals surface area contributed by atoms with Crippen molar-refractivity contribution in [1.29, 1.82) is 0 Å². The Morgan fingerprint density at radius 3 is 1.77 bits per heavy atom. The number of ether oxygens (including phenoxy) is 3. The number of benzene rings is 1. The van der Waals surface area contributed by atoms with E-state index in [0.29, 0.717) is 24.2 Å². The molecule has 0 fully saturated rings. The van der Waals surface area contributed by atoms with E-state index in [-0.39, 0.29) is 5.75 Å². The maximum atomic E-state index is 12.3. The number of carbonyl (C=O) groups excluding carboxylic acids is 3. The molecule has 0 spiro atoms. The van der Waals surface area contributed by atoms with Crippen molar-refractivity contribution in [2.24, 2.45) is 0 Å². The monoisotopic (exact) mass is 361 g/mol. The zero-order valence-electron chi connectivity index (χ0n) is 15.4. The number of amides is 1. The Morgan fingerprint density at radius 2 is 1.38 bits per heavy atom. The smallest absolute Gasteiger partial charge is 0.415 e. The number of rotatable bonds is 7. The topological polar surface area (TPSA) is 82.1 Å². The summed E-state index contributed by atoms with van der Waals surface area (Å²) in [4.78, 5) is 36.6. The van der Waals surface area contributed by atoms with Gasteiger partial charge in [0.25, 0.3) is 0 Å². The highest BCUT2D eigenvalue weighted by Crippen LogP contribution is 2.27. The summed E-state index contributed by atoms with van der Waals surface area (Å²) in [6.07, 6.45) is 4.87. The van der Waals surface area contributed by atoms with Crippen LogP contribution in [0, 0.1) is 0 Å². The van der Waals surface area contributed by atoms with Crippen LogP contribution in [-0.4, -0.2) is 50.2 Å². The molecule has 0 unspecified atom stereocenters. The van der Waals surface area contributed by atoms with Crippen LogP contribution in [0.2, 0.25) is 0 Å². The molecular formula is C19H23NO6. The number of hydrogen-bond acceptors (Lipinski definition) is 6. The quantitative estimate of drug-likeness (QED) is 0.549. The Bertz CT molecular complexity index is 660. The summed E-state index contributed by atoms with van der Waals surface area (Å²) in [5.74, 6) is -0.854. The summed E-state index contributed by atoms with van der Waals surface area (Å²) in [6, 6.07) is 5.07. The number of carbonyl (C=O) groups is 3. The Kier molecular flexibility index (Phi) is 8.63. The van der Waals surface area contributed by atoms with Crippen LogP contribution in [0.25, 0.3) is 12.2 Å². The molecule has 7 heteroatoms. The van der Waals surface area contributed by atoms with Crippen LogP contribution in [-0.2, 0) is 19.1 Å². The molecule has 26 heavy (non-hydrogen) atoms. The van der Waals surface area contributed by atoms with E-state index >= 15 is 0 Å². The highest BCUT2D eigenvalue weighted by Gasteiger charge is 2.16. The molecule has 1 amide bonds. The Balaban J connectivity index is 3.30. The van der Waals surface area contributed by atoms with Crippen molar-refractivity contribution in [2.75, 3.05) is 27.3 Å². The summed E-state index contributed by atoms with van der Waals surface area (Å²) in [7, 11) is 2.53. The molecule has 0 atom stereocenters. The third-order valence-electron chi connectivity index (χ3n) is 3.49. The van der Waals surface area contributed by atoms with Gasteiger partial charge < -0.3 is 19.1 Å². The Hall–Kier alpha value is -3.09. The molecular weight excluding hydrogens is 338 g/mol. The molecule has 0 aliphatic rings. The number of methoxy groups -OCH3 is 2. The van der Waals surface area contributed by atoms with Gasteiger partial charge in [-0.1, -0.05) is 18.2 Å². The molecule has 0 saturated heterocycles. The van der Waals surface area contributed by atoms with Crippen molar-refractivity contribution in [1.82, 2.24) is 4.90 Å². The first-order valence-electron chi connectivity index (χ1n) is 8.08. The standard InChI is InChI=1S/C19H23NO6/c1-5-20(6-2)19(23)26-18-14(10-12-16(21)24-3)8-7-9-15(18)11-13-17(22)25-4/h7-13H,5-6H2,1-4H3/b12-10+,13-11+. The second-order valence-electron chi connectivity index (χ2n) is 5.02. The number of para-hydroxylation sites is 1. The molecule has 1 rings (SSSR count). The van der Waals surface area contributed by atoms with Gasteiger partial charge >= 0.3 is 18.0 Å². The van der Waals surface area contributed by atoms with Gasteiger partial charge in [-0.05, 0) is 26.0 Å². The average Bonchev–Trinajstić information content (AvgIpc) is 2.66. The third-order valence-corrected chi connectivity index (χ3v) is 3.49. The van der Waals surface area contributed by atoms with Crippen molar-refractivity contribution >= 4 is 30.2 Å². The molecule has 0 aliphatic heterocycles. The van der Waals surface area contributed by atoms with E-state index in [4.69, 9.17) is 4.74 Å². The first-order valence-corrected chi connectivity index (χ1v) is 8.08. The zero-order valence-corrected chi connectivity index (χ0v) is 15.4. The lowest BCUT2D eigenvalue weighted by Gasteiger charge is -2.19. The van der Waals surface area contributed by atoms with Gasteiger partial charge in [0, 0.05) is 36.4 Å². The van der Waals surface area contributed by atoms with E-state index < -0.39 is 18.0 Å². The fourth-order valence-corrected chi connectivity index (χ4v) is 2.04. The minimum atomic E-state index is -0.540. The normalized spacial score (nSPS) is 10.8. The van der Waals surface area contributed by atoms with Gasteiger partial charge in [-0.3, -0.25) is 0 Å². The fraction of sp³-hybridized carbons (Fsp3) is 0.316. The lowest BCUT2D eigenvalue weighted by molar-refractivity contribution is -0.135. The summed E-state index contributed by atoms with van der Waals surface area (Å²) < 4.78 is 14.7. The van der Waals surface area contributed by atoms with Crippen molar-refractivity contribution in [2.45, 2.75) is 13.8 Å². The van der Waals surface area contributed by atoms with Crippen LogP contribution in [0.4, 0.5) is 4.79 Å². The van der Waals surface area contributed by atoms with Crippen molar-refractivity contribution in [3.63, 3.8) is 0 Å². The Labute approximate surface area is 152 Å². The van der Waals surface area contributed by atoms with Gasteiger partial charge in [-0.2, -0.15) is 0 Å². The zero-order chi connectivity index (χ0) is 19.5. The molecule has 7 nitrogen and oxygen atoms in total. The lowest BCUT2D eigenvalue weighted by Crippen LogP contribution is -2.33. The van der Waals surface area contributed by atoms with Crippen LogP contribution in [0.3, 0.4) is 0 Å². The number of hydrogen-bond donors (Lipinski definition) is 0. The first kappa shape index (κ1) is 21.0. The van der Waals surface area contributed by atoms with Crippen LogP contribution >= 0.6 is 0 Å². The van der Waals surface area contributed by atoms with Crippen molar-refractivity contribution < 1.29 is 28.6 Å². The van der Waals surface area contributed by atoms with E-state index in [1.165, 1.54) is 43.4 Å². The SMILES string of the molecule is CCN(CC)C(=O)Oc1c(/C=C/C(=O)OC)cccc1/C=C/C(=O)OC. The molecule has 0 N–H and O–H groups in total. The van der Waals surface area contributed by atoms with Crippen LogP contribution < -0.4 is 4.74 Å². The molecule has 0 radical (unpaired) electrons. The maximum Gasteiger partial charge on any atom is 0.415 e. The molecule has 1 aromatic carbocycles. The first-order chi connectivity index (χ1) is 12.5. The highest BCUT2D eigenvalue weighted by molar-refractivity contribution is 5.90. The fourth-order valence-electron chi connectivity index (χ4n) is 2.04. The summed E-state index contributed by atoms with van der Waals surface area (Å²) in [6.45, 7) is 4.66. The van der Waals surface area contributed by atoms with E-state index in [1.54, 1.807) is 18.2 Å². The summed E-state index contributed by atoms with van der Waals surface area (Å²) in [5, 5.41) is 0. The number of esters is 2. The van der Waals surface area contributed by atoms with Gasteiger partial charge in [-0.25, -0.2) is 14.4 Å². The van der Waals surface area contributed by atoms with Crippen LogP contribution in [0.1, 0.15) is 25.0 Å². The molecule has 0 aliphatic carbocycles. The maximum absolute atomic E-state index is 12.3. The second-order valence-corrected chi connectivity index (χ2v) is 5.02. The molecule has 0 aromatic heterocycles. The minimum absolute atomic E-state index is 0.227. The van der Waals surface area contributed by atoms with E-state index in [0.717, 1.165) is 0 Å². The minimum Gasteiger partial charge on any atom is -0.466 e. The largest absolute Gasteiger partial charge is 0.466 e. The van der Waals surface area contributed by atoms with Crippen molar-refractivity contribution in [3.05, 3.63) is 41.5 Å². The second kappa shape index (κ2) is 10.7. The van der Waals surface area contributed by atoms with E-state index in [1.807, 2.05) is 13.8 Å². The molecule has 0 heterocycles. The number of nitrogens with zero attached hydrogens (tertiary/aromatic N) is 1. The predicted molar refractivity (Wildman–Crippen MR) is 97.5 cm³/mol. The van der Waals surface area contributed by atoms with Gasteiger partial charge in [0.1, 0.15) is 5.75 Å². The van der Waals surface area contributed by atoms with Crippen LogP contribution in [0.15, 0.2) is 30.4 Å². The van der Waals surface area contributed by atoms with Crippen LogP contribution in [0.5, 0.6) is 5.75 Å². The summed E-state index contributed by atoms with van der Waals surface area (Å²) in [5.41, 5.74) is 0.978. The van der Waals surface area contributed by atoms with Crippen molar-refractivity contribution in [3.8, 4) is 5.75 Å². The Morgan fingerprint density at radius 1 is 0.923 bits per heavy atom. The van der Waals surface area contributed by atoms with Gasteiger partial charge in [0.15, 0.2) is 0 Å². The predicted octanol–water partition coefficient (Wildman–Crippen LogP) is 2.90. The van der Waals surface area contributed by atoms with Gasteiger partial charge in [0.2, 0.25) is 0 Å². The van der Waals surface area contributed by atoms with E-state index in [2.05, 4.69) is 9.47 Å². The average molecular weight is 361 g/mol. The molecule has 0 bridgehead atoms.